The van der Waals surface area contributed by atoms with Crippen molar-refractivity contribution in [2.45, 2.75) is 13.3 Å². The quantitative estimate of drug-likeness (QED) is 0.828. The van der Waals surface area contributed by atoms with Crippen molar-refractivity contribution in [3.8, 4) is 0 Å². The molecule has 19 heavy (non-hydrogen) atoms. The highest BCUT2D eigenvalue weighted by molar-refractivity contribution is 7.13. The van der Waals surface area contributed by atoms with Gasteiger partial charge in [-0.3, -0.25) is 9.59 Å². The van der Waals surface area contributed by atoms with Crippen LogP contribution in [-0.2, 0) is 9.59 Å². The number of allylic oxidation sites excluding steroid dienone is 2. The molecule has 1 aromatic rings. The van der Waals surface area contributed by atoms with Crippen molar-refractivity contribution in [1.29, 1.82) is 0 Å². The minimum absolute atomic E-state index is 0.00344. The molecule has 1 saturated carbocycles. The van der Waals surface area contributed by atoms with Crippen molar-refractivity contribution in [2.75, 3.05) is 5.32 Å². The van der Waals surface area contributed by atoms with Crippen LogP contribution in [0.5, 0.6) is 0 Å². The van der Waals surface area contributed by atoms with Gasteiger partial charge in [-0.15, -0.1) is 11.3 Å². The van der Waals surface area contributed by atoms with Crippen LogP contribution in [-0.4, -0.2) is 22.0 Å². The lowest BCUT2D eigenvalue weighted by Crippen LogP contribution is -2.36. The van der Waals surface area contributed by atoms with Gasteiger partial charge in [-0.1, -0.05) is 12.2 Å². The fourth-order valence-electron chi connectivity index (χ4n) is 3.12. The number of nitrogens with one attached hydrogen (secondary N) is 1. The zero-order valence-electron chi connectivity index (χ0n) is 10.4. The number of nitrogens with zero attached hydrogens (tertiary/aromatic N) is 1. The molecule has 1 heterocycles. The number of aliphatic carboxylic acids is 1. The molecule has 0 aliphatic heterocycles. The van der Waals surface area contributed by atoms with Crippen molar-refractivity contribution < 1.29 is 14.7 Å². The van der Waals surface area contributed by atoms with E-state index >= 15 is 0 Å². The first-order valence-electron chi connectivity index (χ1n) is 6.20. The molecule has 6 heteroatoms. The maximum absolute atomic E-state index is 12.3. The second-order valence-electron chi connectivity index (χ2n) is 5.12. The fourth-order valence-corrected chi connectivity index (χ4v) is 3.81. The number of hydrogen-bond acceptors (Lipinski definition) is 4. The average molecular weight is 278 g/mol. The lowest BCUT2D eigenvalue weighted by atomic mass is 9.82. The van der Waals surface area contributed by atoms with E-state index in [0.29, 0.717) is 5.13 Å². The number of carbonyl (C=O) groups is 2. The molecule has 1 amide bonds. The van der Waals surface area contributed by atoms with Crippen molar-refractivity contribution in [3.63, 3.8) is 0 Å². The Kier molecular flexibility index (Phi) is 2.89. The van der Waals surface area contributed by atoms with Crippen molar-refractivity contribution in [1.82, 2.24) is 4.98 Å². The highest BCUT2D eigenvalue weighted by Crippen LogP contribution is 2.48. The maximum atomic E-state index is 12.3. The summed E-state index contributed by atoms with van der Waals surface area (Å²) in [5.74, 6) is -2.14. The van der Waals surface area contributed by atoms with E-state index in [1.807, 2.05) is 24.5 Å². The third-order valence-corrected chi connectivity index (χ3v) is 4.77. The van der Waals surface area contributed by atoms with Gasteiger partial charge in [-0.05, 0) is 25.2 Å². The molecule has 4 atom stereocenters. The number of aryl methyl sites for hydroxylation is 1. The monoisotopic (exact) mass is 278 g/mol. The molecular weight excluding hydrogens is 264 g/mol. The van der Waals surface area contributed by atoms with Crippen LogP contribution < -0.4 is 5.32 Å². The largest absolute Gasteiger partial charge is 0.481 e. The molecule has 2 N–H and O–H groups in total. The zero-order chi connectivity index (χ0) is 13.6. The molecule has 2 bridgehead atoms. The third kappa shape index (κ3) is 2.06. The number of carboxylic acids is 1. The van der Waals surface area contributed by atoms with Crippen LogP contribution in [0.15, 0.2) is 17.5 Å². The highest BCUT2D eigenvalue weighted by atomic mass is 32.1. The van der Waals surface area contributed by atoms with E-state index in [1.165, 1.54) is 11.3 Å². The van der Waals surface area contributed by atoms with Crippen LogP contribution >= 0.6 is 11.3 Å². The van der Waals surface area contributed by atoms with Crippen LogP contribution in [0.4, 0.5) is 5.13 Å². The van der Waals surface area contributed by atoms with Gasteiger partial charge >= 0.3 is 5.97 Å². The van der Waals surface area contributed by atoms with E-state index in [1.54, 1.807) is 0 Å². The predicted molar refractivity (Wildman–Crippen MR) is 70.8 cm³/mol. The Morgan fingerprint density at radius 1 is 1.37 bits per heavy atom. The number of aromatic nitrogens is 1. The van der Waals surface area contributed by atoms with Gasteiger partial charge in [0.15, 0.2) is 5.13 Å². The Morgan fingerprint density at radius 2 is 2.05 bits per heavy atom. The number of hydrogen-bond donors (Lipinski definition) is 2. The third-order valence-electron chi connectivity index (χ3n) is 3.90. The van der Waals surface area contributed by atoms with E-state index in [9.17, 15) is 14.7 Å². The second kappa shape index (κ2) is 4.45. The van der Waals surface area contributed by atoms with Crippen molar-refractivity contribution in [3.05, 3.63) is 23.2 Å². The van der Waals surface area contributed by atoms with E-state index in [4.69, 9.17) is 0 Å². The number of carboxylic acid groups (broad SMARTS) is 1. The lowest BCUT2D eigenvalue weighted by molar-refractivity contribution is -0.146. The van der Waals surface area contributed by atoms with Crippen molar-refractivity contribution >= 4 is 28.3 Å². The molecule has 1 fully saturated rings. The molecule has 1 aromatic heterocycles. The number of thiazole rings is 1. The summed E-state index contributed by atoms with van der Waals surface area (Å²) in [6, 6.07) is 0. The maximum Gasteiger partial charge on any atom is 0.307 e. The van der Waals surface area contributed by atoms with Gasteiger partial charge in [0.25, 0.3) is 0 Å². The van der Waals surface area contributed by atoms with E-state index in [0.717, 1.165) is 12.1 Å². The highest BCUT2D eigenvalue weighted by Gasteiger charge is 2.51. The first-order valence-corrected chi connectivity index (χ1v) is 7.08. The minimum Gasteiger partial charge on any atom is -0.481 e. The SMILES string of the molecule is Cc1csc(NC(=O)[C@H]2C3C=CC(C3)[C@H]2C(=O)O)n1. The molecule has 0 radical (unpaired) electrons. The summed E-state index contributed by atoms with van der Waals surface area (Å²) in [6.45, 7) is 1.85. The molecule has 0 spiro atoms. The van der Waals surface area contributed by atoms with Gasteiger partial charge in [0.2, 0.25) is 5.91 Å². The van der Waals surface area contributed by atoms with E-state index < -0.39 is 17.8 Å². The molecular formula is C13H14N2O3S. The summed E-state index contributed by atoms with van der Waals surface area (Å²) in [4.78, 5) is 27.8. The van der Waals surface area contributed by atoms with Crippen LogP contribution in [0.3, 0.4) is 0 Å². The van der Waals surface area contributed by atoms with Gasteiger partial charge in [0.1, 0.15) is 0 Å². The van der Waals surface area contributed by atoms with Crippen LogP contribution in [0.25, 0.3) is 0 Å². The number of anilines is 1. The summed E-state index contributed by atoms with van der Waals surface area (Å²) in [7, 11) is 0. The molecule has 3 rings (SSSR count). The number of rotatable bonds is 3. The Morgan fingerprint density at radius 3 is 2.63 bits per heavy atom. The van der Waals surface area contributed by atoms with Crippen LogP contribution in [0, 0.1) is 30.6 Å². The Bertz CT molecular complexity index is 566. The van der Waals surface area contributed by atoms with Crippen LogP contribution in [0.2, 0.25) is 0 Å². The van der Waals surface area contributed by atoms with Gasteiger partial charge in [0, 0.05) is 5.38 Å². The first-order chi connectivity index (χ1) is 9.06. The molecule has 0 aromatic carbocycles. The molecule has 2 aliphatic rings. The average Bonchev–Trinajstić information content (AvgIpc) is 3.03. The van der Waals surface area contributed by atoms with E-state index in [-0.39, 0.29) is 17.7 Å². The minimum atomic E-state index is -0.882. The number of amides is 1. The fraction of sp³-hybridized carbons (Fsp3) is 0.462. The number of fused-ring (bicyclic) bond motifs is 2. The van der Waals surface area contributed by atoms with Gasteiger partial charge in [0.05, 0.1) is 17.5 Å². The summed E-state index contributed by atoms with van der Waals surface area (Å²) in [6.07, 6.45) is 4.67. The standard InChI is InChI=1S/C13H14N2O3S/c1-6-5-19-13(14-6)15-11(16)9-7-2-3-8(4-7)10(9)12(17)18/h2-3,5,7-10H,4H2,1H3,(H,17,18)(H,14,15,16)/t7?,8?,9-,10+/m0/s1. The van der Waals surface area contributed by atoms with E-state index in [2.05, 4.69) is 10.3 Å². The summed E-state index contributed by atoms with van der Waals surface area (Å²) < 4.78 is 0. The molecule has 2 aliphatic carbocycles. The summed E-state index contributed by atoms with van der Waals surface area (Å²) >= 11 is 1.36. The van der Waals surface area contributed by atoms with Gasteiger partial charge < -0.3 is 10.4 Å². The zero-order valence-corrected chi connectivity index (χ0v) is 11.2. The normalized spacial score (nSPS) is 31.6. The van der Waals surface area contributed by atoms with Crippen LogP contribution in [0.1, 0.15) is 12.1 Å². The van der Waals surface area contributed by atoms with Crippen molar-refractivity contribution in [2.24, 2.45) is 23.7 Å². The molecule has 2 unspecified atom stereocenters. The first kappa shape index (κ1) is 12.3. The predicted octanol–water partition coefficient (Wildman–Crippen LogP) is 1.91. The molecule has 0 saturated heterocycles. The second-order valence-corrected chi connectivity index (χ2v) is 5.98. The topological polar surface area (TPSA) is 79.3 Å². The summed E-state index contributed by atoms with van der Waals surface area (Å²) in [5.41, 5.74) is 0.850. The Balaban J connectivity index is 1.79. The lowest BCUT2D eigenvalue weighted by Gasteiger charge is -2.23. The van der Waals surface area contributed by atoms with Gasteiger partial charge in [-0.2, -0.15) is 0 Å². The molecule has 100 valence electrons. The Hall–Kier alpha value is -1.69. The van der Waals surface area contributed by atoms with Gasteiger partial charge in [-0.25, -0.2) is 4.98 Å². The summed E-state index contributed by atoms with van der Waals surface area (Å²) in [5, 5.41) is 14.4. The Labute approximate surface area is 114 Å². The number of carbonyl (C=O) groups excluding carboxylic acids is 1. The smallest absolute Gasteiger partial charge is 0.307 e. The molecule has 5 nitrogen and oxygen atoms in total.